The number of carbonyl (C=O) groups excluding carboxylic acids is 1. The van der Waals surface area contributed by atoms with Gasteiger partial charge in [-0.1, -0.05) is 12.1 Å². The summed E-state index contributed by atoms with van der Waals surface area (Å²) in [7, 11) is 0. The minimum Gasteiger partial charge on any atom is -0.489 e. The number of ether oxygens (including phenoxy) is 2. The van der Waals surface area contributed by atoms with Crippen molar-refractivity contribution in [1.82, 2.24) is 0 Å². The van der Waals surface area contributed by atoms with Crippen molar-refractivity contribution in [2.24, 2.45) is 5.41 Å². The molecule has 0 aromatic heterocycles. The fourth-order valence-corrected chi connectivity index (χ4v) is 1.72. The fourth-order valence-electron chi connectivity index (χ4n) is 1.72. The number of amides is 1. The molecule has 5 heteroatoms. The maximum absolute atomic E-state index is 12.1. The van der Waals surface area contributed by atoms with Gasteiger partial charge in [0.15, 0.2) is 5.41 Å². The maximum atomic E-state index is 12.1. The van der Waals surface area contributed by atoms with Crippen molar-refractivity contribution >= 4 is 11.6 Å². The van der Waals surface area contributed by atoms with Crippen LogP contribution in [0.4, 0.5) is 5.69 Å². The van der Waals surface area contributed by atoms with Gasteiger partial charge in [0.2, 0.25) is 5.91 Å². The first kappa shape index (κ1) is 13.4. The quantitative estimate of drug-likeness (QED) is 0.898. The minimum absolute atomic E-state index is 0.00927. The van der Waals surface area contributed by atoms with Crippen molar-refractivity contribution in [2.45, 2.75) is 20.0 Å². The molecule has 1 aromatic carbocycles. The predicted molar refractivity (Wildman–Crippen MR) is 69.7 cm³/mol. The van der Waals surface area contributed by atoms with Gasteiger partial charge in [-0.25, -0.2) is 0 Å². The molecule has 19 heavy (non-hydrogen) atoms. The van der Waals surface area contributed by atoms with Gasteiger partial charge < -0.3 is 14.8 Å². The number of carbonyl (C=O) groups is 1. The monoisotopic (exact) mass is 260 g/mol. The zero-order valence-corrected chi connectivity index (χ0v) is 11.0. The molecule has 100 valence electrons. The molecule has 1 aromatic rings. The van der Waals surface area contributed by atoms with E-state index in [1.165, 1.54) is 0 Å². The Balaban J connectivity index is 2.15. The van der Waals surface area contributed by atoms with Crippen LogP contribution >= 0.6 is 0 Å². The average Bonchev–Trinajstić information content (AvgIpc) is 2.30. The number of hydrogen-bond donors (Lipinski definition) is 1. The van der Waals surface area contributed by atoms with Gasteiger partial charge in [0.05, 0.1) is 31.1 Å². The molecule has 1 aliphatic rings. The van der Waals surface area contributed by atoms with E-state index in [0.717, 1.165) is 0 Å². The van der Waals surface area contributed by atoms with Crippen LogP contribution in [0.25, 0.3) is 0 Å². The summed E-state index contributed by atoms with van der Waals surface area (Å²) in [6, 6.07) is 9.19. The number of benzene rings is 1. The Hall–Kier alpha value is -2.06. The average molecular weight is 260 g/mol. The third-order valence-corrected chi connectivity index (χ3v) is 2.84. The summed E-state index contributed by atoms with van der Waals surface area (Å²) in [6.07, 6.45) is 0.00927. The van der Waals surface area contributed by atoms with E-state index in [0.29, 0.717) is 11.4 Å². The van der Waals surface area contributed by atoms with Gasteiger partial charge in [0, 0.05) is 0 Å². The van der Waals surface area contributed by atoms with Gasteiger partial charge in [-0.2, -0.15) is 5.26 Å². The van der Waals surface area contributed by atoms with Gasteiger partial charge in [0.25, 0.3) is 0 Å². The van der Waals surface area contributed by atoms with E-state index in [2.05, 4.69) is 5.32 Å². The Labute approximate surface area is 112 Å². The van der Waals surface area contributed by atoms with Crippen molar-refractivity contribution in [3.05, 3.63) is 24.3 Å². The third-order valence-electron chi connectivity index (χ3n) is 2.84. The highest BCUT2D eigenvalue weighted by atomic mass is 16.5. The maximum Gasteiger partial charge on any atom is 0.249 e. The predicted octanol–water partition coefficient (Wildman–Crippen LogP) is 1.95. The molecule has 0 aliphatic carbocycles. The SMILES string of the molecule is CC(C)Oc1ccccc1NC(=O)C1(C#N)COC1. The third kappa shape index (κ3) is 2.69. The van der Waals surface area contributed by atoms with Crippen LogP contribution in [0, 0.1) is 16.7 Å². The molecule has 1 saturated heterocycles. The second-order valence-corrected chi connectivity index (χ2v) is 4.80. The normalized spacial score (nSPS) is 16.3. The van der Waals surface area contributed by atoms with Crippen LogP contribution in [-0.2, 0) is 9.53 Å². The lowest BCUT2D eigenvalue weighted by Gasteiger charge is -2.33. The molecule has 1 fully saturated rings. The Bertz CT molecular complexity index is 516. The molecule has 2 rings (SSSR count). The molecular weight excluding hydrogens is 244 g/mol. The van der Waals surface area contributed by atoms with Crippen molar-refractivity contribution < 1.29 is 14.3 Å². The standard InChI is InChI=1S/C14H16N2O3/c1-10(2)19-12-6-4-3-5-11(12)16-13(17)14(7-15)8-18-9-14/h3-6,10H,8-9H2,1-2H3,(H,16,17). The molecule has 0 saturated carbocycles. The van der Waals surface area contributed by atoms with E-state index in [1.54, 1.807) is 18.2 Å². The summed E-state index contributed by atoms with van der Waals surface area (Å²) in [5, 5.41) is 11.8. The van der Waals surface area contributed by atoms with Crippen LogP contribution in [0.1, 0.15) is 13.8 Å². The van der Waals surface area contributed by atoms with Crippen LogP contribution in [0.15, 0.2) is 24.3 Å². The summed E-state index contributed by atoms with van der Waals surface area (Å²) in [5.74, 6) is 0.250. The molecule has 1 N–H and O–H groups in total. The van der Waals surface area contributed by atoms with E-state index in [-0.39, 0.29) is 25.2 Å². The molecule has 0 bridgehead atoms. The highest BCUT2D eigenvalue weighted by Crippen LogP contribution is 2.31. The Morgan fingerprint density at radius 3 is 2.68 bits per heavy atom. The lowest BCUT2D eigenvalue weighted by molar-refractivity contribution is -0.144. The van der Waals surface area contributed by atoms with E-state index < -0.39 is 5.41 Å². The fraction of sp³-hybridized carbons (Fsp3) is 0.429. The molecule has 5 nitrogen and oxygen atoms in total. The summed E-state index contributed by atoms with van der Waals surface area (Å²) in [4.78, 5) is 12.1. The van der Waals surface area contributed by atoms with Gasteiger partial charge >= 0.3 is 0 Å². The van der Waals surface area contributed by atoms with Crippen LogP contribution in [0.5, 0.6) is 5.75 Å². The summed E-state index contributed by atoms with van der Waals surface area (Å²) in [6.45, 7) is 4.11. The van der Waals surface area contributed by atoms with Gasteiger partial charge in [-0.3, -0.25) is 4.79 Å². The number of nitrogens with one attached hydrogen (secondary N) is 1. The number of para-hydroxylation sites is 2. The molecule has 0 atom stereocenters. The summed E-state index contributed by atoms with van der Waals surface area (Å²) < 4.78 is 10.6. The van der Waals surface area contributed by atoms with E-state index in [4.69, 9.17) is 14.7 Å². The molecule has 0 radical (unpaired) electrons. The number of anilines is 1. The molecule has 0 unspecified atom stereocenters. The summed E-state index contributed by atoms with van der Waals surface area (Å²) in [5.41, 5.74) is -0.493. The summed E-state index contributed by atoms with van der Waals surface area (Å²) >= 11 is 0. The lowest BCUT2D eigenvalue weighted by atomic mass is 9.87. The van der Waals surface area contributed by atoms with E-state index in [9.17, 15) is 4.79 Å². The van der Waals surface area contributed by atoms with Crippen molar-refractivity contribution in [1.29, 1.82) is 5.26 Å². The first-order chi connectivity index (χ1) is 9.07. The highest BCUT2D eigenvalue weighted by molar-refractivity contribution is 5.99. The van der Waals surface area contributed by atoms with Gasteiger partial charge in [-0.15, -0.1) is 0 Å². The first-order valence-corrected chi connectivity index (χ1v) is 6.13. The zero-order chi connectivity index (χ0) is 13.9. The van der Waals surface area contributed by atoms with Gasteiger partial charge in [0.1, 0.15) is 5.75 Å². The minimum atomic E-state index is -1.06. The van der Waals surface area contributed by atoms with E-state index in [1.807, 2.05) is 26.0 Å². The largest absolute Gasteiger partial charge is 0.489 e. The smallest absolute Gasteiger partial charge is 0.249 e. The second-order valence-electron chi connectivity index (χ2n) is 4.80. The van der Waals surface area contributed by atoms with Crippen LogP contribution in [-0.4, -0.2) is 25.2 Å². The topological polar surface area (TPSA) is 71.3 Å². The van der Waals surface area contributed by atoms with Crippen molar-refractivity contribution in [3.63, 3.8) is 0 Å². The van der Waals surface area contributed by atoms with Crippen LogP contribution < -0.4 is 10.1 Å². The lowest BCUT2D eigenvalue weighted by Crippen LogP contribution is -2.50. The molecular formula is C14H16N2O3. The first-order valence-electron chi connectivity index (χ1n) is 6.13. The van der Waals surface area contributed by atoms with Crippen LogP contribution in [0.2, 0.25) is 0 Å². The molecule has 1 aliphatic heterocycles. The van der Waals surface area contributed by atoms with E-state index >= 15 is 0 Å². The number of hydrogen-bond acceptors (Lipinski definition) is 4. The zero-order valence-electron chi connectivity index (χ0n) is 11.0. The van der Waals surface area contributed by atoms with Gasteiger partial charge in [-0.05, 0) is 26.0 Å². The van der Waals surface area contributed by atoms with Crippen LogP contribution in [0.3, 0.4) is 0 Å². The molecule has 1 heterocycles. The Morgan fingerprint density at radius 2 is 2.16 bits per heavy atom. The second kappa shape index (κ2) is 5.29. The molecule has 1 amide bonds. The van der Waals surface area contributed by atoms with Crippen molar-refractivity contribution in [3.8, 4) is 11.8 Å². The Morgan fingerprint density at radius 1 is 1.47 bits per heavy atom. The molecule has 0 spiro atoms. The highest BCUT2D eigenvalue weighted by Gasteiger charge is 2.46. The Kier molecular flexibility index (Phi) is 3.72. The number of rotatable bonds is 4. The number of nitriles is 1. The van der Waals surface area contributed by atoms with Crippen molar-refractivity contribution in [2.75, 3.05) is 18.5 Å². The number of nitrogens with zero attached hydrogens (tertiary/aromatic N) is 1.